The van der Waals surface area contributed by atoms with Gasteiger partial charge in [-0.3, -0.25) is 0 Å². The van der Waals surface area contributed by atoms with E-state index >= 15 is 0 Å². The lowest BCUT2D eigenvalue weighted by Crippen LogP contribution is -1.97. The summed E-state index contributed by atoms with van der Waals surface area (Å²) in [5, 5.41) is 4.68. The summed E-state index contributed by atoms with van der Waals surface area (Å²) in [5.74, 6) is 0.676. The SMILES string of the molecule is c1ccc(-c2ccc(-c3cc(-c4ccc(-c5ccccc5)cc4)nc(-c4ccc(-n5c6ccccc6c6cc(-c7cccc(-c8ccc9oc%10ccccc%10c9c8)c7)ccc65)cc4)n3)cc2)cc1. The van der Waals surface area contributed by atoms with Crippen molar-refractivity contribution in [2.24, 2.45) is 0 Å². The molecule has 0 bridgehead atoms. The maximum absolute atomic E-state index is 6.13. The largest absolute Gasteiger partial charge is 0.456 e. The Labute approximate surface area is 393 Å². The van der Waals surface area contributed by atoms with E-state index in [0.717, 1.165) is 72.3 Å². The van der Waals surface area contributed by atoms with E-state index in [0.29, 0.717) is 5.82 Å². The molecular formula is C64H41N3O. The van der Waals surface area contributed by atoms with Crippen LogP contribution in [0.4, 0.5) is 0 Å². The average Bonchev–Trinajstić information content (AvgIpc) is 3.96. The standard InChI is InChI=1S/C64H41N3O/c1-3-12-42(13-4-1)44-22-26-46(27-23-44)58-41-59(47-28-24-45(25-29-47)43-14-5-2-6-15-43)66-64(65-58)48-30-34-53(35-31-48)67-60-20-9-7-18-54(60)56-39-51(32-36-61(56)67)49-16-11-17-50(38-49)52-33-37-63-57(40-52)55-19-8-10-21-62(55)68-63/h1-41H. The van der Waals surface area contributed by atoms with Gasteiger partial charge in [0.1, 0.15) is 11.2 Å². The van der Waals surface area contributed by atoms with Crippen molar-refractivity contribution in [1.82, 2.24) is 14.5 Å². The molecule has 0 aliphatic carbocycles. The minimum Gasteiger partial charge on any atom is -0.456 e. The van der Waals surface area contributed by atoms with Crippen LogP contribution < -0.4 is 0 Å². The van der Waals surface area contributed by atoms with Gasteiger partial charge in [-0.05, 0) is 117 Å². The van der Waals surface area contributed by atoms with Gasteiger partial charge < -0.3 is 8.98 Å². The smallest absolute Gasteiger partial charge is 0.160 e. The zero-order chi connectivity index (χ0) is 45.0. The fourth-order valence-electron chi connectivity index (χ4n) is 9.77. The van der Waals surface area contributed by atoms with Crippen molar-refractivity contribution in [3.8, 4) is 84.1 Å². The molecule has 68 heavy (non-hydrogen) atoms. The molecule has 318 valence electrons. The van der Waals surface area contributed by atoms with Crippen LogP contribution in [0.15, 0.2) is 253 Å². The van der Waals surface area contributed by atoms with Crippen molar-refractivity contribution in [3.63, 3.8) is 0 Å². The Morgan fingerprint density at radius 3 is 1.35 bits per heavy atom. The van der Waals surface area contributed by atoms with E-state index < -0.39 is 0 Å². The number of furan rings is 1. The van der Waals surface area contributed by atoms with E-state index in [1.54, 1.807) is 0 Å². The summed E-state index contributed by atoms with van der Waals surface area (Å²) in [4.78, 5) is 10.4. The highest BCUT2D eigenvalue weighted by molar-refractivity contribution is 6.11. The first-order valence-corrected chi connectivity index (χ1v) is 23.0. The van der Waals surface area contributed by atoms with Gasteiger partial charge in [-0.15, -0.1) is 0 Å². The van der Waals surface area contributed by atoms with Crippen molar-refractivity contribution in [2.75, 3.05) is 0 Å². The van der Waals surface area contributed by atoms with Gasteiger partial charge in [-0.25, -0.2) is 9.97 Å². The molecule has 0 radical (unpaired) electrons. The average molecular weight is 868 g/mol. The molecule has 0 aliphatic rings. The van der Waals surface area contributed by atoms with E-state index in [1.165, 1.54) is 49.7 Å². The molecule has 0 amide bonds. The molecule has 3 aromatic heterocycles. The number of aromatic nitrogens is 3. The Balaban J connectivity index is 0.860. The van der Waals surface area contributed by atoms with Crippen LogP contribution in [-0.4, -0.2) is 14.5 Å². The van der Waals surface area contributed by atoms with Crippen LogP contribution >= 0.6 is 0 Å². The molecule has 0 aliphatic heterocycles. The first-order valence-electron chi connectivity index (χ1n) is 23.0. The van der Waals surface area contributed by atoms with E-state index in [4.69, 9.17) is 14.4 Å². The van der Waals surface area contributed by atoms with Gasteiger partial charge in [0.2, 0.25) is 0 Å². The van der Waals surface area contributed by atoms with Gasteiger partial charge in [0.15, 0.2) is 5.82 Å². The van der Waals surface area contributed by atoms with Gasteiger partial charge in [-0.1, -0.05) is 176 Å². The minimum absolute atomic E-state index is 0.676. The number of fused-ring (bicyclic) bond motifs is 6. The van der Waals surface area contributed by atoms with Crippen LogP contribution in [0.2, 0.25) is 0 Å². The maximum atomic E-state index is 6.13. The highest BCUT2D eigenvalue weighted by atomic mass is 16.3. The number of para-hydroxylation sites is 2. The summed E-state index contributed by atoms with van der Waals surface area (Å²) >= 11 is 0. The van der Waals surface area contributed by atoms with Crippen LogP contribution in [0.5, 0.6) is 0 Å². The summed E-state index contributed by atoms with van der Waals surface area (Å²) in [7, 11) is 0. The van der Waals surface area contributed by atoms with Gasteiger partial charge in [0.05, 0.1) is 22.4 Å². The lowest BCUT2D eigenvalue weighted by molar-refractivity contribution is 0.669. The molecule has 0 saturated heterocycles. The summed E-state index contributed by atoms with van der Waals surface area (Å²) in [6, 6.07) is 88.2. The van der Waals surface area contributed by atoms with Gasteiger partial charge in [0, 0.05) is 43.9 Å². The molecule has 13 rings (SSSR count). The van der Waals surface area contributed by atoms with Crippen LogP contribution in [0.3, 0.4) is 0 Å². The number of hydrogen-bond donors (Lipinski definition) is 0. The third-order valence-electron chi connectivity index (χ3n) is 13.3. The molecule has 4 nitrogen and oxygen atoms in total. The first-order chi connectivity index (χ1) is 33.7. The van der Waals surface area contributed by atoms with Crippen LogP contribution in [-0.2, 0) is 0 Å². The molecule has 3 heterocycles. The Morgan fingerprint density at radius 2 is 0.706 bits per heavy atom. The summed E-state index contributed by atoms with van der Waals surface area (Å²) in [6.45, 7) is 0. The molecule has 0 fully saturated rings. The number of benzene rings is 10. The van der Waals surface area contributed by atoms with Crippen molar-refractivity contribution in [3.05, 3.63) is 249 Å². The predicted octanol–water partition coefficient (Wildman–Crippen LogP) is 17.1. The lowest BCUT2D eigenvalue weighted by Gasteiger charge is -2.12. The molecule has 0 N–H and O–H groups in total. The second kappa shape index (κ2) is 16.4. The fourth-order valence-corrected chi connectivity index (χ4v) is 9.77. The van der Waals surface area contributed by atoms with E-state index in [2.05, 4.69) is 229 Å². The van der Waals surface area contributed by atoms with E-state index in [9.17, 15) is 0 Å². The molecule has 0 spiro atoms. The van der Waals surface area contributed by atoms with Crippen LogP contribution in [0.1, 0.15) is 0 Å². The second-order valence-corrected chi connectivity index (χ2v) is 17.4. The summed E-state index contributed by atoms with van der Waals surface area (Å²) in [6.07, 6.45) is 0. The number of hydrogen-bond acceptors (Lipinski definition) is 3. The maximum Gasteiger partial charge on any atom is 0.160 e. The predicted molar refractivity (Wildman–Crippen MR) is 282 cm³/mol. The zero-order valence-electron chi connectivity index (χ0n) is 36.9. The molecule has 13 aromatic rings. The second-order valence-electron chi connectivity index (χ2n) is 17.4. The van der Waals surface area contributed by atoms with Crippen molar-refractivity contribution >= 4 is 43.7 Å². The minimum atomic E-state index is 0.676. The van der Waals surface area contributed by atoms with Gasteiger partial charge in [0.25, 0.3) is 0 Å². The summed E-state index contributed by atoms with van der Waals surface area (Å²) in [5.41, 5.74) is 19.3. The topological polar surface area (TPSA) is 43.9 Å². The third-order valence-corrected chi connectivity index (χ3v) is 13.3. The molecular weight excluding hydrogens is 827 g/mol. The number of rotatable bonds is 8. The van der Waals surface area contributed by atoms with Crippen molar-refractivity contribution in [2.45, 2.75) is 0 Å². The molecule has 10 aromatic carbocycles. The van der Waals surface area contributed by atoms with Gasteiger partial charge in [-0.2, -0.15) is 0 Å². The van der Waals surface area contributed by atoms with Crippen LogP contribution in [0, 0.1) is 0 Å². The number of nitrogens with zero attached hydrogens (tertiary/aromatic N) is 3. The Morgan fingerprint density at radius 1 is 0.265 bits per heavy atom. The molecule has 4 heteroatoms. The highest BCUT2D eigenvalue weighted by Gasteiger charge is 2.17. The van der Waals surface area contributed by atoms with Crippen molar-refractivity contribution < 1.29 is 4.42 Å². The lowest BCUT2D eigenvalue weighted by atomic mass is 9.97. The fraction of sp³-hybridized carbons (Fsp3) is 0. The van der Waals surface area contributed by atoms with E-state index in [1.807, 2.05) is 24.3 Å². The first kappa shape index (κ1) is 39.3. The summed E-state index contributed by atoms with van der Waals surface area (Å²) < 4.78 is 8.50. The Hall–Kier alpha value is -9.12. The quantitative estimate of drug-likeness (QED) is 0.153. The van der Waals surface area contributed by atoms with Crippen LogP contribution in [0.25, 0.3) is 128 Å². The normalized spacial score (nSPS) is 11.5. The Bertz CT molecular complexity index is 3880. The zero-order valence-corrected chi connectivity index (χ0v) is 36.9. The highest BCUT2D eigenvalue weighted by Crippen LogP contribution is 2.38. The third kappa shape index (κ3) is 7.04. The van der Waals surface area contributed by atoms with Crippen molar-refractivity contribution in [1.29, 1.82) is 0 Å². The molecule has 0 unspecified atom stereocenters. The monoisotopic (exact) mass is 867 g/mol. The Kier molecular flexibility index (Phi) is 9.47. The van der Waals surface area contributed by atoms with Gasteiger partial charge >= 0.3 is 0 Å². The molecule has 0 atom stereocenters. The van der Waals surface area contributed by atoms with E-state index in [-0.39, 0.29) is 0 Å². The molecule has 0 saturated carbocycles.